The van der Waals surface area contributed by atoms with E-state index in [1.807, 2.05) is 0 Å². The first kappa shape index (κ1) is 17.9. The Labute approximate surface area is 151 Å². The number of hydrogen-bond donors (Lipinski definition) is 0. The highest BCUT2D eigenvalue weighted by Gasteiger charge is 2.28. The Morgan fingerprint density at radius 2 is 1.58 bits per heavy atom. The van der Waals surface area contributed by atoms with Crippen molar-refractivity contribution in [3.8, 4) is 0 Å². The predicted octanol–water partition coefficient (Wildman–Crippen LogP) is 3.14. The molecule has 0 aliphatic heterocycles. The molecule has 0 saturated carbocycles. The minimum atomic E-state index is -3.98. The maximum Gasteiger partial charge on any atom is 0.303 e. The maximum atomic E-state index is 13.3. The maximum absolute atomic E-state index is 13.3. The average molecular weight is 371 g/mol. The van der Waals surface area contributed by atoms with Crippen LogP contribution in [0, 0.1) is 0 Å². The Morgan fingerprint density at radius 1 is 0.962 bits per heavy atom. The molecule has 7 heteroatoms. The molecule has 0 aliphatic carbocycles. The standard InChI is InChI=1S/C19H17NO5S/c1-13(21)19-16-10-6-7-11-17(16)20(18(19)12-25-14(2)22)26(23,24)15-8-4-3-5-9-15/h3-11H,12H2,1-2H3. The van der Waals surface area contributed by atoms with Crippen molar-refractivity contribution in [2.45, 2.75) is 25.3 Å². The Hall–Kier alpha value is -2.93. The molecule has 0 amide bonds. The molecule has 0 spiro atoms. The number of Topliss-reactive ketones (excluding diaryl/α,β-unsaturated/α-hetero) is 1. The molecule has 2 aromatic carbocycles. The molecule has 0 unspecified atom stereocenters. The van der Waals surface area contributed by atoms with E-state index in [9.17, 15) is 18.0 Å². The predicted molar refractivity (Wildman–Crippen MR) is 96.4 cm³/mol. The number of ether oxygens (including phenoxy) is 1. The third-order valence-corrected chi connectivity index (χ3v) is 5.74. The zero-order chi connectivity index (χ0) is 18.9. The van der Waals surface area contributed by atoms with Gasteiger partial charge in [0, 0.05) is 12.3 Å². The van der Waals surface area contributed by atoms with Gasteiger partial charge in [-0.2, -0.15) is 0 Å². The number of esters is 1. The monoisotopic (exact) mass is 371 g/mol. The number of para-hydroxylation sites is 1. The van der Waals surface area contributed by atoms with E-state index in [2.05, 4.69) is 0 Å². The molecule has 0 aliphatic rings. The van der Waals surface area contributed by atoms with Crippen molar-refractivity contribution in [2.75, 3.05) is 0 Å². The van der Waals surface area contributed by atoms with Gasteiger partial charge < -0.3 is 4.74 Å². The van der Waals surface area contributed by atoms with Crippen LogP contribution < -0.4 is 0 Å². The van der Waals surface area contributed by atoms with Crippen molar-refractivity contribution in [2.24, 2.45) is 0 Å². The quantitative estimate of drug-likeness (QED) is 0.508. The van der Waals surface area contributed by atoms with E-state index in [0.29, 0.717) is 10.9 Å². The number of hydrogen-bond acceptors (Lipinski definition) is 5. The van der Waals surface area contributed by atoms with Crippen molar-refractivity contribution in [3.63, 3.8) is 0 Å². The van der Waals surface area contributed by atoms with Crippen LogP contribution in [0.1, 0.15) is 29.9 Å². The second kappa shape index (κ2) is 6.76. The topological polar surface area (TPSA) is 82.4 Å². The Balaban J connectivity index is 2.38. The molecule has 1 aromatic heterocycles. The van der Waals surface area contributed by atoms with E-state index in [-0.39, 0.29) is 28.5 Å². The normalized spacial score (nSPS) is 11.5. The number of rotatable bonds is 5. The summed E-state index contributed by atoms with van der Waals surface area (Å²) in [6.45, 7) is 2.27. The van der Waals surface area contributed by atoms with Gasteiger partial charge in [-0.25, -0.2) is 12.4 Å². The molecule has 0 bridgehead atoms. The largest absolute Gasteiger partial charge is 0.459 e. The van der Waals surface area contributed by atoms with Crippen molar-refractivity contribution in [3.05, 3.63) is 65.9 Å². The summed E-state index contributed by atoms with van der Waals surface area (Å²) in [6.07, 6.45) is 0. The fourth-order valence-corrected chi connectivity index (χ4v) is 4.49. The second-order valence-corrected chi connectivity index (χ2v) is 7.54. The Bertz CT molecular complexity index is 1100. The van der Waals surface area contributed by atoms with Gasteiger partial charge in [-0.1, -0.05) is 36.4 Å². The number of benzene rings is 2. The van der Waals surface area contributed by atoms with Crippen LogP contribution >= 0.6 is 0 Å². The minimum Gasteiger partial charge on any atom is -0.459 e. The summed E-state index contributed by atoms with van der Waals surface area (Å²) in [7, 11) is -3.98. The molecule has 134 valence electrons. The van der Waals surface area contributed by atoms with Gasteiger partial charge >= 0.3 is 5.97 Å². The highest BCUT2D eigenvalue weighted by atomic mass is 32.2. The minimum absolute atomic E-state index is 0.0833. The van der Waals surface area contributed by atoms with Crippen LogP contribution in [0.15, 0.2) is 59.5 Å². The summed E-state index contributed by atoms with van der Waals surface area (Å²) in [4.78, 5) is 23.6. The fraction of sp³-hybridized carbons (Fsp3) is 0.158. The third-order valence-electron chi connectivity index (χ3n) is 3.97. The van der Waals surface area contributed by atoms with Crippen LogP contribution in [0.5, 0.6) is 0 Å². The zero-order valence-electron chi connectivity index (χ0n) is 14.3. The first-order chi connectivity index (χ1) is 12.3. The number of nitrogens with zero attached hydrogens (tertiary/aromatic N) is 1. The van der Waals surface area contributed by atoms with E-state index in [4.69, 9.17) is 4.74 Å². The first-order valence-corrected chi connectivity index (χ1v) is 9.35. The number of fused-ring (bicyclic) bond motifs is 1. The smallest absolute Gasteiger partial charge is 0.303 e. The van der Waals surface area contributed by atoms with Gasteiger partial charge in [0.25, 0.3) is 10.0 Å². The third kappa shape index (κ3) is 3.01. The summed E-state index contributed by atoms with van der Waals surface area (Å²) in [5.41, 5.74) is 0.739. The fourth-order valence-electron chi connectivity index (χ4n) is 2.93. The summed E-state index contributed by atoms with van der Waals surface area (Å²) in [6, 6.07) is 14.6. The molecule has 6 nitrogen and oxygen atoms in total. The van der Waals surface area contributed by atoms with Gasteiger partial charge in [-0.05, 0) is 25.1 Å². The molecule has 0 N–H and O–H groups in total. The van der Waals surface area contributed by atoms with Crippen LogP contribution in [0.2, 0.25) is 0 Å². The number of carbonyl (C=O) groups excluding carboxylic acids is 2. The lowest BCUT2D eigenvalue weighted by Gasteiger charge is -2.12. The van der Waals surface area contributed by atoms with Crippen molar-refractivity contribution < 1.29 is 22.7 Å². The van der Waals surface area contributed by atoms with Crippen LogP contribution in [0.3, 0.4) is 0 Å². The van der Waals surface area contributed by atoms with Gasteiger partial charge in [0.15, 0.2) is 5.78 Å². The molecule has 26 heavy (non-hydrogen) atoms. The van der Waals surface area contributed by atoms with E-state index in [1.54, 1.807) is 42.5 Å². The van der Waals surface area contributed by atoms with Crippen molar-refractivity contribution in [1.82, 2.24) is 3.97 Å². The molecule has 0 saturated heterocycles. The van der Waals surface area contributed by atoms with Gasteiger partial charge in [-0.15, -0.1) is 0 Å². The summed E-state index contributed by atoms with van der Waals surface area (Å²) in [5.74, 6) is -0.862. The average Bonchev–Trinajstić information content (AvgIpc) is 2.95. The summed E-state index contributed by atoms with van der Waals surface area (Å²) >= 11 is 0. The van der Waals surface area contributed by atoms with E-state index < -0.39 is 16.0 Å². The van der Waals surface area contributed by atoms with Gasteiger partial charge in [0.05, 0.1) is 21.7 Å². The molecular formula is C19H17NO5S. The molecule has 0 atom stereocenters. The van der Waals surface area contributed by atoms with Crippen LogP contribution in [-0.2, 0) is 26.2 Å². The second-order valence-electron chi connectivity index (χ2n) is 5.76. The van der Waals surface area contributed by atoms with Gasteiger partial charge in [-0.3, -0.25) is 9.59 Å². The van der Waals surface area contributed by atoms with Crippen LogP contribution in [0.4, 0.5) is 0 Å². The van der Waals surface area contributed by atoms with Gasteiger partial charge in [0.1, 0.15) is 6.61 Å². The summed E-state index contributed by atoms with van der Waals surface area (Å²) in [5, 5.41) is 0.502. The number of aromatic nitrogens is 1. The molecule has 0 fully saturated rings. The SMILES string of the molecule is CC(=O)OCc1c(C(C)=O)c2ccccc2n1S(=O)(=O)c1ccccc1. The Kier molecular flexibility index (Phi) is 4.65. The van der Waals surface area contributed by atoms with Crippen LogP contribution in [-0.4, -0.2) is 24.1 Å². The zero-order valence-corrected chi connectivity index (χ0v) is 15.1. The van der Waals surface area contributed by atoms with Crippen molar-refractivity contribution >= 4 is 32.7 Å². The van der Waals surface area contributed by atoms with Gasteiger partial charge in [0.2, 0.25) is 0 Å². The van der Waals surface area contributed by atoms with E-state index in [0.717, 1.165) is 3.97 Å². The molecule has 3 rings (SSSR count). The lowest BCUT2D eigenvalue weighted by Crippen LogP contribution is -2.18. The van der Waals surface area contributed by atoms with E-state index in [1.165, 1.54) is 26.0 Å². The number of ketones is 1. The van der Waals surface area contributed by atoms with E-state index >= 15 is 0 Å². The molecule has 1 heterocycles. The number of carbonyl (C=O) groups is 2. The molecular weight excluding hydrogens is 354 g/mol. The highest BCUT2D eigenvalue weighted by molar-refractivity contribution is 7.90. The lowest BCUT2D eigenvalue weighted by atomic mass is 10.1. The molecule has 3 aromatic rings. The summed E-state index contributed by atoms with van der Waals surface area (Å²) < 4.78 is 32.7. The first-order valence-electron chi connectivity index (χ1n) is 7.91. The molecule has 0 radical (unpaired) electrons. The van der Waals surface area contributed by atoms with Crippen molar-refractivity contribution in [1.29, 1.82) is 0 Å². The Morgan fingerprint density at radius 3 is 2.19 bits per heavy atom. The highest BCUT2D eigenvalue weighted by Crippen LogP contribution is 2.31. The van der Waals surface area contributed by atoms with Crippen LogP contribution in [0.25, 0.3) is 10.9 Å². The lowest BCUT2D eigenvalue weighted by molar-refractivity contribution is -0.142.